The lowest BCUT2D eigenvalue weighted by molar-refractivity contribution is 0.715. The van der Waals surface area contributed by atoms with Gasteiger partial charge < -0.3 is 0 Å². The zero-order chi connectivity index (χ0) is 34.7. The SMILES string of the molecule is C1=CC(c2ccccc2)CC=C1c1ccc(-c2ccc(C(CCc3ccccc3)c3ccc(-c4ccc5sc6ccccc6c5c4)cc3)cc2)cc1. The molecule has 0 saturated heterocycles. The number of rotatable bonds is 9. The molecule has 0 fully saturated rings. The number of thiophene rings is 1. The second-order valence-electron chi connectivity index (χ2n) is 14.0. The van der Waals surface area contributed by atoms with Crippen LogP contribution in [0, 0.1) is 0 Å². The van der Waals surface area contributed by atoms with Gasteiger partial charge in [0.25, 0.3) is 0 Å². The summed E-state index contributed by atoms with van der Waals surface area (Å²) in [7, 11) is 0. The zero-order valence-corrected chi connectivity index (χ0v) is 30.0. The van der Waals surface area contributed by atoms with Crippen molar-refractivity contribution in [1.82, 2.24) is 0 Å². The molecule has 1 heteroatoms. The maximum absolute atomic E-state index is 2.38. The fourth-order valence-corrected chi connectivity index (χ4v) is 8.93. The van der Waals surface area contributed by atoms with E-state index in [1.807, 2.05) is 11.3 Å². The molecule has 250 valence electrons. The molecule has 0 spiro atoms. The van der Waals surface area contributed by atoms with Gasteiger partial charge in [-0.2, -0.15) is 0 Å². The molecular weight excluding hydrogens is 645 g/mol. The lowest BCUT2D eigenvalue weighted by Crippen LogP contribution is -2.03. The fraction of sp³-hybridized carbons (Fsp3) is 0.0980. The number of hydrogen-bond donors (Lipinski definition) is 0. The molecule has 0 amide bonds. The molecule has 0 N–H and O–H groups in total. The molecule has 1 aliphatic rings. The average molecular weight is 685 g/mol. The van der Waals surface area contributed by atoms with Gasteiger partial charge in [-0.3, -0.25) is 0 Å². The fourth-order valence-electron chi connectivity index (χ4n) is 7.84. The maximum atomic E-state index is 2.38. The van der Waals surface area contributed by atoms with Crippen molar-refractivity contribution < 1.29 is 0 Å². The summed E-state index contributed by atoms with van der Waals surface area (Å²) in [5.41, 5.74) is 13.1. The largest absolute Gasteiger partial charge is 0.135 e. The van der Waals surface area contributed by atoms with E-state index in [2.05, 4.69) is 194 Å². The van der Waals surface area contributed by atoms with Gasteiger partial charge in [0.1, 0.15) is 0 Å². The van der Waals surface area contributed by atoms with Crippen LogP contribution in [0.25, 0.3) is 48.0 Å². The second kappa shape index (κ2) is 14.5. The molecule has 0 nitrogen and oxygen atoms in total. The van der Waals surface area contributed by atoms with Gasteiger partial charge in [0.15, 0.2) is 0 Å². The van der Waals surface area contributed by atoms with Crippen molar-refractivity contribution in [2.45, 2.75) is 31.1 Å². The summed E-state index contributed by atoms with van der Waals surface area (Å²) in [4.78, 5) is 0. The van der Waals surface area contributed by atoms with Crippen molar-refractivity contribution in [3.63, 3.8) is 0 Å². The summed E-state index contributed by atoms with van der Waals surface area (Å²) < 4.78 is 2.69. The lowest BCUT2D eigenvalue weighted by atomic mass is 9.85. The Labute approximate surface area is 311 Å². The first-order valence-electron chi connectivity index (χ1n) is 18.4. The third-order valence-corrected chi connectivity index (χ3v) is 11.9. The molecule has 0 aliphatic heterocycles. The molecule has 0 radical (unpaired) electrons. The van der Waals surface area contributed by atoms with Crippen LogP contribution in [0.3, 0.4) is 0 Å². The summed E-state index contributed by atoms with van der Waals surface area (Å²) >= 11 is 1.87. The predicted molar refractivity (Wildman–Crippen MR) is 224 cm³/mol. The molecule has 0 saturated carbocycles. The molecular formula is C51H40S. The molecule has 2 unspecified atom stereocenters. The highest BCUT2D eigenvalue weighted by atomic mass is 32.1. The Kier molecular flexibility index (Phi) is 8.95. The van der Waals surface area contributed by atoms with Crippen molar-refractivity contribution in [1.29, 1.82) is 0 Å². The lowest BCUT2D eigenvalue weighted by Gasteiger charge is -2.20. The highest BCUT2D eigenvalue weighted by Gasteiger charge is 2.17. The normalized spacial score (nSPS) is 14.8. The van der Waals surface area contributed by atoms with E-state index >= 15 is 0 Å². The van der Waals surface area contributed by atoms with Gasteiger partial charge in [0, 0.05) is 32.0 Å². The molecule has 1 aliphatic carbocycles. The first-order valence-corrected chi connectivity index (χ1v) is 19.3. The van der Waals surface area contributed by atoms with Crippen LogP contribution in [0.1, 0.15) is 52.5 Å². The minimum atomic E-state index is 0.304. The second-order valence-corrected chi connectivity index (χ2v) is 15.1. The summed E-state index contributed by atoms with van der Waals surface area (Å²) in [5.74, 6) is 0.762. The van der Waals surface area contributed by atoms with Gasteiger partial charge in [-0.25, -0.2) is 0 Å². The van der Waals surface area contributed by atoms with E-state index in [-0.39, 0.29) is 0 Å². The summed E-state index contributed by atoms with van der Waals surface area (Å²) in [5, 5.41) is 2.69. The maximum Gasteiger partial charge on any atom is 0.0355 e. The first kappa shape index (κ1) is 32.2. The van der Waals surface area contributed by atoms with Crippen molar-refractivity contribution in [2.75, 3.05) is 0 Å². The monoisotopic (exact) mass is 684 g/mol. The number of fused-ring (bicyclic) bond motifs is 3. The van der Waals surface area contributed by atoms with Gasteiger partial charge in [-0.15, -0.1) is 11.3 Å². The molecule has 9 rings (SSSR count). The van der Waals surface area contributed by atoms with Crippen LogP contribution in [-0.4, -0.2) is 0 Å². The molecule has 8 aromatic rings. The number of aryl methyl sites for hydroxylation is 1. The van der Waals surface area contributed by atoms with Crippen LogP contribution in [0.15, 0.2) is 194 Å². The third kappa shape index (κ3) is 6.68. The molecule has 1 aromatic heterocycles. The van der Waals surface area contributed by atoms with Crippen LogP contribution in [-0.2, 0) is 6.42 Å². The summed E-state index contributed by atoms with van der Waals surface area (Å²) in [6.45, 7) is 0. The Morgan fingerprint density at radius 1 is 0.500 bits per heavy atom. The van der Waals surface area contributed by atoms with E-state index in [9.17, 15) is 0 Å². The van der Waals surface area contributed by atoms with E-state index in [0.717, 1.165) is 19.3 Å². The van der Waals surface area contributed by atoms with E-state index < -0.39 is 0 Å². The highest BCUT2D eigenvalue weighted by molar-refractivity contribution is 7.25. The molecule has 0 bridgehead atoms. The van der Waals surface area contributed by atoms with Crippen molar-refractivity contribution >= 4 is 37.1 Å². The van der Waals surface area contributed by atoms with Gasteiger partial charge in [-0.1, -0.05) is 176 Å². The average Bonchev–Trinajstić information content (AvgIpc) is 3.60. The predicted octanol–water partition coefficient (Wildman–Crippen LogP) is 14.3. The first-order chi connectivity index (χ1) is 25.7. The smallest absolute Gasteiger partial charge is 0.0355 e. The van der Waals surface area contributed by atoms with Crippen LogP contribution >= 0.6 is 11.3 Å². The topological polar surface area (TPSA) is 0 Å². The molecule has 1 heterocycles. The van der Waals surface area contributed by atoms with Crippen molar-refractivity contribution in [3.8, 4) is 22.3 Å². The molecule has 52 heavy (non-hydrogen) atoms. The highest BCUT2D eigenvalue weighted by Crippen LogP contribution is 2.38. The Morgan fingerprint density at radius 3 is 1.73 bits per heavy atom. The number of benzene rings is 7. The molecule has 2 atom stereocenters. The van der Waals surface area contributed by atoms with E-state index in [4.69, 9.17) is 0 Å². The Bertz CT molecular complexity index is 2500. The number of allylic oxidation sites excluding steroid dienone is 4. The van der Waals surface area contributed by atoms with Crippen LogP contribution in [0.2, 0.25) is 0 Å². The number of hydrogen-bond acceptors (Lipinski definition) is 1. The van der Waals surface area contributed by atoms with Crippen LogP contribution in [0.5, 0.6) is 0 Å². The zero-order valence-electron chi connectivity index (χ0n) is 29.2. The minimum absolute atomic E-state index is 0.304. The van der Waals surface area contributed by atoms with E-state index in [1.165, 1.54) is 75.8 Å². The Balaban J connectivity index is 0.948. The van der Waals surface area contributed by atoms with Crippen molar-refractivity contribution in [2.24, 2.45) is 0 Å². The van der Waals surface area contributed by atoms with Crippen LogP contribution < -0.4 is 0 Å². The van der Waals surface area contributed by atoms with Gasteiger partial charge >= 0.3 is 0 Å². The summed E-state index contributed by atoms with van der Waals surface area (Å²) in [6, 6.07) is 65.1. The third-order valence-electron chi connectivity index (χ3n) is 10.8. The molecule has 7 aromatic carbocycles. The Morgan fingerprint density at radius 2 is 1.06 bits per heavy atom. The Hall–Kier alpha value is -5.76. The minimum Gasteiger partial charge on any atom is -0.135 e. The van der Waals surface area contributed by atoms with E-state index in [1.54, 1.807) is 0 Å². The van der Waals surface area contributed by atoms with Crippen LogP contribution in [0.4, 0.5) is 0 Å². The summed E-state index contributed by atoms with van der Waals surface area (Å²) in [6.07, 6.45) is 10.2. The standard InChI is InChI=1S/C51H40S/c1-3-9-36(10-4-1)15-33-47(45-30-26-43(27-31-45)46-32-34-51-49(35-46)48-13-7-8-14-50(48)52-51)44-28-24-42(25-29-44)41-22-20-40(21-23-41)39-18-16-38(17-19-39)37-11-5-2-6-12-37/h1-14,16,18-32,34-35,38,47H,15,17,33H2. The quantitative estimate of drug-likeness (QED) is 0.142. The van der Waals surface area contributed by atoms with E-state index in [0.29, 0.717) is 11.8 Å². The van der Waals surface area contributed by atoms with Crippen molar-refractivity contribution in [3.05, 3.63) is 222 Å². The van der Waals surface area contributed by atoms with Gasteiger partial charge in [-0.05, 0) is 93.1 Å². The van der Waals surface area contributed by atoms with Gasteiger partial charge in [0.05, 0.1) is 0 Å². The van der Waals surface area contributed by atoms with Gasteiger partial charge in [0.2, 0.25) is 0 Å².